The van der Waals surface area contributed by atoms with Crippen LogP contribution in [0.25, 0.3) is 0 Å². The number of rotatable bonds is 4. The fourth-order valence-electron chi connectivity index (χ4n) is 2.06. The summed E-state index contributed by atoms with van der Waals surface area (Å²) in [4.78, 5) is 12.5. The van der Waals surface area contributed by atoms with Gasteiger partial charge >= 0.3 is 0 Å². The lowest BCUT2D eigenvalue weighted by molar-refractivity contribution is -0.385. The molecule has 2 rings (SSSR count). The molecule has 0 saturated heterocycles. The molecule has 0 saturated carbocycles. The van der Waals surface area contributed by atoms with Gasteiger partial charge in [0.15, 0.2) is 0 Å². The Morgan fingerprint density at radius 2 is 2.00 bits per heavy atom. The second-order valence-electron chi connectivity index (χ2n) is 4.74. The topological polar surface area (TPSA) is 46.4 Å². The molecule has 0 aromatic heterocycles. The largest absolute Gasteiger partial charge is 0.370 e. The number of benzene rings is 2. The van der Waals surface area contributed by atoms with E-state index in [1.165, 1.54) is 11.1 Å². The Hall–Kier alpha value is -1.63. The highest BCUT2D eigenvalue weighted by molar-refractivity contribution is 14.1. The van der Waals surface area contributed by atoms with Gasteiger partial charge in [0.2, 0.25) is 0 Å². The van der Waals surface area contributed by atoms with Crippen molar-refractivity contribution < 1.29 is 4.92 Å². The van der Waals surface area contributed by atoms with Crippen molar-refractivity contribution in [2.45, 2.75) is 13.5 Å². The average molecular weight is 382 g/mol. The molecular formula is C15H15IN2O2. The SMILES string of the molecule is Cc1cccc(CN(C)c2ccc([N+](=O)[O-])c(I)c2)c1. The first-order valence-corrected chi connectivity index (χ1v) is 7.26. The van der Waals surface area contributed by atoms with Crippen LogP contribution in [0.4, 0.5) is 11.4 Å². The number of halogens is 1. The van der Waals surface area contributed by atoms with Crippen LogP contribution >= 0.6 is 22.6 Å². The average Bonchev–Trinajstić information content (AvgIpc) is 2.38. The fourth-order valence-corrected chi connectivity index (χ4v) is 2.75. The van der Waals surface area contributed by atoms with Gasteiger partial charge in [-0.1, -0.05) is 29.8 Å². The van der Waals surface area contributed by atoms with Gasteiger partial charge in [0.25, 0.3) is 5.69 Å². The molecule has 104 valence electrons. The summed E-state index contributed by atoms with van der Waals surface area (Å²) >= 11 is 2.00. The van der Waals surface area contributed by atoms with Gasteiger partial charge in [-0.3, -0.25) is 10.1 Å². The highest BCUT2D eigenvalue weighted by atomic mass is 127. The van der Waals surface area contributed by atoms with Crippen LogP contribution in [0.1, 0.15) is 11.1 Å². The molecule has 0 bridgehead atoms. The molecule has 20 heavy (non-hydrogen) atoms. The Labute approximate surface area is 131 Å². The van der Waals surface area contributed by atoms with E-state index >= 15 is 0 Å². The second-order valence-corrected chi connectivity index (χ2v) is 5.90. The third-order valence-electron chi connectivity index (χ3n) is 3.07. The Balaban J connectivity index is 2.19. The molecule has 2 aromatic rings. The summed E-state index contributed by atoms with van der Waals surface area (Å²) in [6.45, 7) is 2.84. The Morgan fingerprint density at radius 3 is 2.60 bits per heavy atom. The van der Waals surface area contributed by atoms with Crippen LogP contribution in [0.2, 0.25) is 0 Å². The highest BCUT2D eigenvalue weighted by Gasteiger charge is 2.13. The lowest BCUT2D eigenvalue weighted by atomic mass is 10.1. The van der Waals surface area contributed by atoms with Gasteiger partial charge in [0, 0.05) is 25.3 Å². The number of nitrogens with zero attached hydrogens (tertiary/aromatic N) is 2. The molecule has 0 amide bonds. The minimum atomic E-state index is -0.355. The van der Waals surface area contributed by atoms with Gasteiger partial charge in [0.1, 0.15) is 0 Å². The molecule has 0 radical (unpaired) electrons. The van der Waals surface area contributed by atoms with Crippen molar-refractivity contribution in [3.63, 3.8) is 0 Å². The minimum Gasteiger partial charge on any atom is -0.370 e. The van der Waals surface area contributed by atoms with Crippen LogP contribution in [-0.4, -0.2) is 12.0 Å². The molecule has 0 fully saturated rings. The van der Waals surface area contributed by atoms with Crippen LogP contribution in [0.5, 0.6) is 0 Å². The molecular weight excluding hydrogens is 367 g/mol. The Kier molecular flexibility index (Phi) is 4.59. The van der Waals surface area contributed by atoms with E-state index in [2.05, 4.69) is 30.0 Å². The van der Waals surface area contributed by atoms with Crippen molar-refractivity contribution in [2.24, 2.45) is 0 Å². The number of hydrogen-bond donors (Lipinski definition) is 0. The van der Waals surface area contributed by atoms with Crippen LogP contribution in [0.15, 0.2) is 42.5 Å². The van der Waals surface area contributed by atoms with Crippen molar-refractivity contribution >= 4 is 34.0 Å². The first kappa shape index (κ1) is 14.8. The van der Waals surface area contributed by atoms with Gasteiger partial charge in [-0.15, -0.1) is 0 Å². The smallest absolute Gasteiger partial charge is 0.282 e. The van der Waals surface area contributed by atoms with E-state index in [9.17, 15) is 10.1 Å². The van der Waals surface area contributed by atoms with E-state index in [1.807, 2.05) is 41.8 Å². The maximum Gasteiger partial charge on any atom is 0.282 e. The number of hydrogen-bond acceptors (Lipinski definition) is 3. The standard InChI is InChI=1S/C15H15IN2O2/c1-11-4-3-5-12(8-11)10-17(2)13-6-7-15(18(19)20)14(16)9-13/h3-9H,10H2,1-2H3. The van der Waals surface area contributed by atoms with E-state index in [-0.39, 0.29) is 10.6 Å². The lowest BCUT2D eigenvalue weighted by Gasteiger charge is -2.20. The summed E-state index contributed by atoms with van der Waals surface area (Å²) in [5, 5.41) is 10.8. The second kappa shape index (κ2) is 6.21. The van der Waals surface area contributed by atoms with Crippen LogP contribution in [0, 0.1) is 20.6 Å². The zero-order chi connectivity index (χ0) is 14.7. The molecule has 4 nitrogen and oxygen atoms in total. The van der Waals surface area contributed by atoms with Gasteiger partial charge in [-0.05, 0) is 47.2 Å². The van der Waals surface area contributed by atoms with E-state index in [4.69, 9.17) is 0 Å². The van der Waals surface area contributed by atoms with Crippen molar-refractivity contribution in [3.8, 4) is 0 Å². The third-order valence-corrected chi connectivity index (χ3v) is 3.93. The van der Waals surface area contributed by atoms with Gasteiger partial charge in [0.05, 0.1) is 8.49 Å². The van der Waals surface area contributed by atoms with Gasteiger partial charge < -0.3 is 4.90 Å². The summed E-state index contributed by atoms with van der Waals surface area (Å²) in [6, 6.07) is 13.5. The molecule has 0 heterocycles. The molecule has 0 aliphatic rings. The fraction of sp³-hybridized carbons (Fsp3) is 0.200. The summed E-state index contributed by atoms with van der Waals surface area (Å²) < 4.78 is 0.654. The number of anilines is 1. The Morgan fingerprint density at radius 1 is 1.25 bits per heavy atom. The highest BCUT2D eigenvalue weighted by Crippen LogP contribution is 2.26. The zero-order valence-corrected chi connectivity index (χ0v) is 13.5. The third kappa shape index (κ3) is 3.47. The maximum atomic E-state index is 10.8. The molecule has 0 N–H and O–H groups in total. The molecule has 0 aliphatic heterocycles. The minimum absolute atomic E-state index is 0.151. The van der Waals surface area contributed by atoms with Crippen molar-refractivity contribution in [1.82, 2.24) is 0 Å². The van der Waals surface area contributed by atoms with E-state index < -0.39 is 0 Å². The van der Waals surface area contributed by atoms with Crippen LogP contribution < -0.4 is 4.90 Å². The normalized spacial score (nSPS) is 10.3. The van der Waals surface area contributed by atoms with Gasteiger partial charge in [-0.25, -0.2) is 0 Å². The first-order chi connectivity index (χ1) is 9.47. The molecule has 0 spiro atoms. The Bertz CT molecular complexity index is 644. The van der Waals surface area contributed by atoms with Crippen LogP contribution in [0.3, 0.4) is 0 Å². The molecule has 0 aliphatic carbocycles. The quantitative estimate of drug-likeness (QED) is 0.454. The molecule has 2 aromatic carbocycles. The van der Waals surface area contributed by atoms with Crippen molar-refractivity contribution in [1.29, 1.82) is 0 Å². The monoisotopic (exact) mass is 382 g/mol. The van der Waals surface area contributed by atoms with Crippen molar-refractivity contribution in [3.05, 3.63) is 67.3 Å². The van der Waals surface area contributed by atoms with E-state index in [0.29, 0.717) is 3.57 Å². The molecule has 5 heteroatoms. The predicted molar refractivity (Wildman–Crippen MR) is 89.1 cm³/mol. The summed E-state index contributed by atoms with van der Waals surface area (Å²) in [7, 11) is 1.99. The van der Waals surface area contributed by atoms with E-state index in [0.717, 1.165) is 12.2 Å². The summed E-state index contributed by atoms with van der Waals surface area (Å²) in [5.41, 5.74) is 3.58. The number of nitro benzene ring substituents is 1. The number of aryl methyl sites for hydroxylation is 1. The first-order valence-electron chi connectivity index (χ1n) is 6.18. The maximum absolute atomic E-state index is 10.8. The van der Waals surface area contributed by atoms with Crippen LogP contribution in [-0.2, 0) is 6.54 Å². The molecule has 0 atom stereocenters. The predicted octanol–water partition coefficient (Wildman–Crippen LogP) is 4.14. The summed E-state index contributed by atoms with van der Waals surface area (Å²) in [5.74, 6) is 0. The summed E-state index contributed by atoms with van der Waals surface area (Å²) in [6.07, 6.45) is 0. The van der Waals surface area contributed by atoms with Gasteiger partial charge in [-0.2, -0.15) is 0 Å². The number of nitro groups is 1. The molecule has 0 unspecified atom stereocenters. The van der Waals surface area contributed by atoms with E-state index in [1.54, 1.807) is 12.1 Å². The van der Waals surface area contributed by atoms with Crippen molar-refractivity contribution in [2.75, 3.05) is 11.9 Å². The zero-order valence-electron chi connectivity index (χ0n) is 11.3. The lowest BCUT2D eigenvalue weighted by Crippen LogP contribution is -2.16.